The fourth-order valence-electron chi connectivity index (χ4n) is 2.34. The number of nitrogens with zero attached hydrogens (tertiary/aromatic N) is 3. The zero-order chi connectivity index (χ0) is 15.5. The molecule has 0 atom stereocenters. The molecule has 0 unspecified atom stereocenters. The highest BCUT2D eigenvalue weighted by Crippen LogP contribution is 2.29. The zero-order valence-corrected chi connectivity index (χ0v) is 12.2. The molecule has 5 nitrogen and oxygen atoms in total. The third kappa shape index (κ3) is 3.13. The van der Waals surface area contributed by atoms with Crippen molar-refractivity contribution in [2.45, 2.75) is 26.8 Å². The smallest absolute Gasteiger partial charge is 0.228 e. The molecule has 0 spiro atoms. The molecule has 0 bridgehead atoms. The molecule has 21 heavy (non-hydrogen) atoms. The van der Waals surface area contributed by atoms with Crippen LogP contribution in [-0.4, -0.2) is 35.6 Å². The zero-order valence-electron chi connectivity index (χ0n) is 12.2. The molecule has 1 aromatic heterocycles. The number of aromatic nitrogens is 1. The minimum absolute atomic E-state index is 0.112. The van der Waals surface area contributed by atoms with Gasteiger partial charge in [0.1, 0.15) is 24.0 Å². The van der Waals surface area contributed by atoms with Gasteiger partial charge < -0.3 is 9.64 Å². The van der Waals surface area contributed by atoms with Crippen LogP contribution in [0, 0.1) is 16.7 Å². The second-order valence-electron chi connectivity index (χ2n) is 5.69. The Balaban J connectivity index is 2.26. The molecule has 0 radical (unpaired) electrons. The van der Waals surface area contributed by atoms with Crippen LogP contribution in [0.1, 0.15) is 31.4 Å². The Bertz CT molecular complexity index is 581. The predicted molar refractivity (Wildman–Crippen MR) is 74.2 cm³/mol. The number of rotatable bonds is 3. The van der Waals surface area contributed by atoms with Gasteiger partial charge in [0.15, 0.2) is 0 Å². The van der Waals surface area contributed by atoms with Crippen LogP contribution in [0.5, 0.6) is 5.75 Å². The summed E-state index contributed by atoms with van der Waals surface area (Å²) in [5.74, 6) is 0.380. The molecule has 0 saturated heterocycles. The van der Waals surface area contributed by atoms with E-state index in [-0.39, 0.29) is 12.3 Å². The predicted octanol–water partition coefficient (Wildman–Crippen LogP) is 2.06. The van der Waals surface area contributed by atoms with E-state index >= 15 is 0 Å². The Kier molecular flexibility index (Phi) is 4.41. The number of carbonyl (C=O) groups is 1. The van der Waals surface area contributed by atoms with E-state index in [2.05, 4.69) is 4.98 Å². The number of pyridine rings is 1. The number of hydrogen-bond acceptors (Lipinski definition) is 4. The Morgan fingerprint density at radius 3 is 3.00 bits per heavy atom. The summed E-state index contributed by atoms with van der Waals surface area (Å²) in [5.41, 5.74) is 0.320. The van der Waals surface area contributed by atoms with Gasteiger partial charge in [0.05, 0.1) is 19.8 Å². The molecule has 2 heterocycles. The lowest BCUT2D eigenvalue weighted by Gasteiger charge is -2.30. The second-order valence-corrected chi connectivity index (χ2v) is 5.69. The number of halogens is 1. The lowest BCUT2D eigenvalue weighted by atomic mass is 9.88. The largest absolute Gasteiger partial charge is 0.490 e. The normalized spacial score (nSPS) is 14.7. The summed E-state index contributed by atoms with van der Waals surface area (Å²) in [5, 5.41) is 9.07. The SMILES string of the molecule is CC(C)(CCF)C(=O)N1CCOc2c(C#N)cncc2C1. The lowest BCUT2D eigenvalue weighted by molar-refractivity contribution is -0.141. The van der Waals surface area contributed by atoms with Crippen LogP contribution in [0.3, 0.4) is 0 Å². The van der Waals surface area contributed by atoms with Crippen molar-refractivity contribution in [2.75, 3.05) is 19.8 Å². The van der Waals surface area contributed by atoms with Crippen LogP contribution in [0.25, 0.3) is 0 Å². The van der Waals surface area contributed by atoms with Crippen LogP contribution in [0.15, 0.2) is 12.4 Å². The van der Waals surface area contributed by atoms with Crippen LogP contribution in [-0.2, 0) is 11.3 Å². The quantitative estimate of drug-likeness (QED) is 0.855. The van der Waals surface area contributed by atoms with Gasteiger partial charge in [-0.3, -0.25) is 14.2 Å². The molecule has 1 aliphatic rings. The summed E-state index contributed by atoms with van der Waals surface area (Å²) in [6.45, 7) is 4.00. The molecule has 6 heteroatoms. The number of carbonyl (C=O) groups excluding carboxylic acids is 1. The Morgan fingerprint density at radius 1 is 1.57 bits per heavy atom. The van der Waals surface area contributed by atoms with E-state index in [0.29, 0.717) is 36.6 Å². The summed E-state index contributed by atoms with van der Waals surface area (Å²) in [4.78, 5) is 18.2. The highest BCUT2D eigenvalue weighted by atomic mass is 19.1. The molecule has 0 aromatic carbocycles. The summed E-state index contributed by atoms with van der Waals surface area (Å²) >= 11 is 0. The monoisotopic (exact) mass is 291 g/mol. The summed E-state index contributed by atoms with van der Waals surface area (Å²) in [7, 11) is 0. The van der Waals surface area contributed by atoms with Crippen molar-refractivity contribution < 1.29 is 13.9 Å². The van der Waals surface area contributed by atoms with Gasteiger partial charge in [-0.25, -0.2) is 0 Å². The van der Waals surface area contributed by atoms with Crippen molar-refractivity contribution in [1.29, 1.82) is 5.26 Å². The van der Waals surface area contributed by atoms with Gasteiger partial charge in [0.25, 0.3) is 0 Å². The fraction of sp³-hybridized carbons (Fsp3) is 0.533. The maximum atomic E-state index is 12.6. The third-order valence-corrected chi connectivity index (χ3v) is 3.65. The number of nitriles is 1. The molecular formula is C15H18FN3O2. The minimum atomic E-state index is -0.750. The van der Waals surface area contributed by atoms with Gasteiger partial charge in [-0.2, -0.15) is 5.26 Å². The first kappa shape index (κ1) is 15.2. The first-order valence-corrected chi connectivity index (χ1v) is 6.84. The number of fused-ring (bicyclic) bond motifs is 1. The van der Waals surface area contributed by atoms with Crippen LogP contribution >= 0.6 is 0 Å². The van der Waals surface area contributed by atoms with Crippen molar-refractivity contribution in [3.63, 3.8) is 0 Å². The van der Waals surface area contributed by atoms with Crippen molar-refractivity contribution in [3.05, 3.63) is 23.5 Å². The van der Waals surface area contributed by atoms with Crippen molar-refractivity contribution >= 4 is 5.91 Å². The highest BCUT2D eigenvalue weighted by Gasteiger charge is 2.33. The van der Waals surface area contributed by atoms with Gasteiger partial charge in [0, 0.05) is 23.4 Å². The van der Waals surface area contributed by atoms with Crippen LogP contribution in [0.2, 0.25) is 0 Å². The van der Waals surface area contributed by atoms with E-state index < -0.39 is 12.1 Å². The average Bonchev–Trinajstić information content (AvgIpc) is 2.68. The molecule has 1 aromatic rings. The minimum Gasteiger partial charge on any atom is -0.490 e. The van der Waals surface area contributed by atoms with Crippen molar-refractivity contribution in [1.82, 2.24) is 9.88 Å². The molecule has 1 aliphatic heterocycles. The maximum absolute atomic E-state index is 12.6. The topological polar surface area (TPSA) is 66.2 Å². The molecule has 0 saturated carbocycles. The first-order valence-electron chi connectivity index (χ1n) is 6.84. The van der Waals surface area contributed by atoms with Crippen LogP contribution in [0.4, 0.5) is 4.39 Å². The van der Waals surface area contributed by atoms with E-state index in [4.69, 9.17) is 10.00 Å². The first-order chi connectivity index (χ1) is 9.99. The number of alkyl halides is 1. The molecule has 1 amide bonds. The third-order valence-electron chi connectivity index (χ3n) is 3.65. The van der Waals surface area contributed by atoms with Gasteiger partial charge in [-0.1, -0.05) is 13.8 Å². The Morgan fingerprint density at radius 2 is 2.33 bits per heavy atom. The number of amides is 1. The molecule has 0 fully saturated rings. The van der Waals surface area contributed by atoms with Gasteiger partial charge >= 0.3 is 0 Å². The van der Waals surface area contributed by atoms with E-state index in [0.717, 1.165) is 0 Å². The lowest BCUT2D eigenvalue weighted by Crippen LogP contribution is -2.41. The van der Waals surface area contributed by atoms with E-state index in [1.54, 1.807) is 24.9 Å². The van der Waals surface area contributed by atoms with Crippen LogP contribution < -0.4 is 4.74 Å². The highest BCUT2D eigenvalue weighted by molar-refractivity contribution is 5.82. The Hall–Kier alpha value is -2.16. The van der Waals surface area contributed by atoms with E-state index in [1.165, 1.54) is 6.20 Å². The van der Waals surface area contributed by atoms with Crippen molar-refractivity contribution in [3.8, 4) is 11.8 Å². The van der Waals surface area contributed by atoms with Gasteiger partial charge in [0.2, 0.25) is 5.91 Å². The number of ether oxygens (including phenoxy) is 1. The summed E-state index contributed by atoms with van der Waals surface area (Å²) < 4.78 is 18.2. The van der Waals surface area contributed by atoms with E-state index in [1.807, 2.05) is 6.07 Å². The van der Waals surface area contributed by atoms with E-state index in [9.17, 15) is 9.18 Å². The number of hydrogen-bond donors (Lipinski definition) is 0. The Labute approximate surface area is 123 Å². The van der Waals surface area contributed by atoms with Gasteiger partial charge in [-0.15, -0.1) is 0 Å². The summed E-state index contributed by atoms with van der Waals surface area (Å²) in [6.07, 6.45) is 3.24. The average molecular weight is 291 g/mol. The molecule has 112 valence electrons. The second kappa shape index (κ2) is 6.08. The maximum Gasteiger partial charge on any atom is 0.228 e. The molecule has 0 aliphatic carbocycles. The molecular weight excluding hydrogens is 273 g/mol. The molecule has 0 N–H and O–H groups in total. The summed E-state index contributed by atoms with van der Waals surface area (Å²) in [6, 6.07) is 2.04. The fourth-order valence-corrected chi connectivity index (χ4v) is 2.34. The molecule has 2 rings (SSSR count). The van der Waals surface area contributed by atoms with Crippen molar-refractivity contribution in [2.24, 2.45) is 5.41 Å². The standard InChI is InChI=1S/C15H18FN3O2/c1-15(2,3-4-16)14(20)19-5-6-21-13-11(7-17)8-18-9-12(13)10-19/h8-9H,3-6,10H2,1-2H3. The van der Waals surface area contributed by atoms with Gasteiger partial charge in [-0.05, 0) is 6.42 Å².